The Morgan fingerprint density at radius 3 is 1.71 bits per heavy atom. The maximum atomic E-state index is 3.32. The molecular formula is C22H18N2. The highest BCUT2D eigenvalue weighted by Crippen LogP contribution is 2.39. The highest BCUT2D eigenvalue weighted by molar-refractivity contribution is 5.86. The summed E-state index contributed by atoms with van der Waals surface area (Å²) in [6.45, 7) is 0. The van der Waals surface area contributed by atoms with E-state index in [1.165, 1.54) is 5.56 Å². The van der Waals surface area contributed by atoms with Gasteiger partial charge in [0.1, 0.15) is 0 Å². The fourth-order valence-electron chi connectivity index (χ4n) is 2.98. The first kappa shape index (κ1) is 14.3. The summed E-state index contributed by atoms with van der Waals surface area (Å²) < 4.78 is 0. The van der Waals surface area contributed by atoms with Crippen LogP contribution in [0.2, 0.25) is 0 Å². The van der Waals surface area contributed by atoms with Crippen LogP contribution in [-0.2, 0) is 0 Å². The summed E-state index contributed by atoms with van der Waals surface area (Å²) in [4.78, 5) is 5.61. The molecule has 0 aliphatic rings. The van der Waals surface area contributed by atoms with Gasteiger partial charge in [-0.2, -0.15) is 0 Å². The zero-order valence-electron chi connectivity index (χ0n) is 13.3. The van der Waals surface area contributed by atoms with Crippen molar-refractivity contribution in [2.24, 2.45) is 0 Å². The average molecular weight is 310 g/mol. The fourth-order valence-corrected chi connectivity index (χ4v) is 2.98. The minimum atomic E-state index is 1.11. The molecule has 1 heterocycles. The Bertz CT molecular complexity index is 858. The van der Waals surface area contributed by atoms with Crippen LogP contribution in [-0.4, -0.2) is 4.98 Å². The average Bonchev–Trinajstić information content (AvgIpc) is 3.19. The van der Waals surface area contributed by atoms with Gasteiger partial charge in [0, 0.05) is 28.8 Å². The summed E-state index contributed by atoms with van der Waals surface area (Å²) in [6.07, 6.45) is 1.96. The summed E-state index contributed by atoms with van der Waals surface area (Å²) in [5.74, 6) is 0. The number of aromatic amines is 1. The standard InChI is InChI=1S/C22H18N2/c1-3-10-18(11-4-1)24(19-12-5-2-6-13-19)22-16-8-7-14-20(22)21-15-9-17-23-21/h1-17,23H. The lowest BCUT2D eigenvalue weighted by molar-refractivity contribution is 1.27. The largest absolute Gasteiger partial charge is 0.361 e. The van der Waals surface area contributed by atoms with Crippen LogP contribution >= 0.6 is 0 Å². The van der Waals surface area contributed by atoms with Gasteiger partial charge in [0.2, 0.25) is 0 Å². The summed E-state index contributed by atoms with van der Waals surface area (Å²) in [5, 5.41) is 0. The fraction of sp³-hybridized carbons (Fsp3) is 0. The van der Waals surface area contributed by atoms with E-state index in [0.29, 0.717) is 0 Å². The number of para-hydroxylation sites is 3. The van der Waals surface area contributed by atoms with Gasteiger partial charge in [-0.05, 0) is 42.5 Å². The van der Waals surface area contributed by atoms with Crippen LogP contribution in [0.4, 0.5) is 17.1 Å². The SMILES string of the molecule is c1ccc(N(c2ccccc2)c2ccccc2-c2ccc[nH]2)cc1. The zero-order valence-corrected chi connectivity index (χ0v) is 13.3. The first-order valence-corrected chi connectivity index (χ1v) is 8.06. The molecular weight excluding hydrogens is 292 g/mol. The van der Waals surface area contributed by atoms with Gasteiger partial charge >= 0.3 is 0 Å². The van der Waals surface area contributed by atoms with Crippen LogP contribution < -0.4 is 4.90 Å². The van der Waals surface area contributed by atoms with E-state index in [0.717, 1.165) is 22.8 Å². The van der Waals surface area contributed by atoms with Gasteiger partial charge in [0.25, 0.3) is 0 Å². The van der Waals surface area contributed by atoms with Gasteiger partial charge in [-0.3, -0.25) is 0 Å². The van der Waals surface area contributed by atoms with Crippen LogP contribution in [0.1, 0.15) is 0 Å². The molecule has 2 heteroatoms. The molecule has 0 fully saturated rings. The molecule has 0 saturated heterocycles. The molecule has 2 nitrogen and oxygen atoms in total. The molecule has 0 bridgehead atoms. The third-order valence-electron chi connectivity index (χ3n) is 4.06. The highest BCUT2D eigenvalue weighted by Gasteiger charge is 2.16. The highest BCUT2D eigenvalue weighted by atomic mass is 15.1. The maximum absolute atomic E-state index is 3.32. The molecule has 0 aliphatic carbocycles. The lowest BCUT2D eigenvalue weighted by atomic mass is 10.1. The Hall–Kier alpha value is -3.26. The Balaban J connectivity index is 1.93. The van der Waals surface area contributed by atoms with Crippen molar-refractivity contribution in [2.75, 3.05) is 4.90 Å². The molecule has 4 rings (SSSR count). The summed E-state index contributed by atoms with van der Waals surface area (Å²) in [6, 6.07) is 33.5. The lowest BCUT2D eigenvalue weighted by Crippen LogP contribution is -2.10. The summed E-state index contributed by atoms with van der Waals surface area (Å²) in [7, 11) is 0. The molecule has 1 N–H and O–H groups in total. The van der Waals surface area contributed by atoms with Gasteiger partial charge in [-0.1, -0.05) is 54.6 Å². The number of nitrogens with zero attached hydrogens (tertiary/aromatic N) is 1. The van der Waals surface area contributed by atoms with Crippen molar-refractivity contribution >= 4 is 17.1 Å². The summed E-state index contributed by atoms with van der Waals surface area (Å²) >= 11 is 0. The normalized spacial score (nSPS) is 10.5. The van der Waals surface area contributed by atoms with E-state index in [9.17, 15) is 0 Å². The monoisotopic (exact) mass is 310 g/mol. The third kappa shape index (κ3) is 2.70. The molecule has 0 aliphatic heterocycles. The van der Waals surface area contributed by atoms with Crippen molar-refractivity contribution in [1.82, 2.24) is 4.98 Å². The predicted molar refractivity (Wildman–Crippen MR) is 101 cm³/mol. The van der Waals surface area contributed by atoms with Crippen LogP contribution in [0.5, 0.6) is 0 Å². The van der Waals surface area contributed by atoms with Gasteiger partial charge in [-0.15, -0.1) is 0 Å². The molecule has 0 amide bonds. The van der Waals surface area contributed by atoms with Crippen molar-refractivity contribution < 1.29 is 0 Å². The summed E-state index contributed by atoms with van der Waals surface area (Å²) in [5.41, 5.74) is 5.72. The van der Waals surface area contributed by atoms with Crippen molar-refractivity contribution in [3.05, 3.63) is 103 Å². The number of hydrogen-bond donors (Lipinski definition) is 1. The molecule has 0 saturated carbocycles. The van der Waals surface area contributed by atoms with Crippen LogP contribution in [0.25, 0.3) is 11.3 Å². The number of aromatic nitrogens is 1. The van der Waals surface area contributed by atoms with E-state index >= 15 is 0 Å². The number of benzene rings is 3. The second-order valence-corrected chi connectivity index (χ2v) is 5.61. The van der Waals surface area contributed by atoms with Crippen LogP contribution in [0.15, 0.2) is 103 Å². The molecule has 0 spiro atoms. The Morgan fingerprint density at radius 1 is 0.542 bits per heavy atom. The number of anilines is 3. The number of H-pyrrole nitrogens is 1. The first-order valence-electron chi connectivity index (χ1n) is 8.06. The molecule has 0 unspecified atom stereocenters. The van der Waals surface area contributed by atoms with Crippen molar-refractivity contribution in [3.8, 4) is 11.3 Å². The number of hydrogen-bond acceptors (Lipinski definition) is 1. The molecule has 116 valence electrons. The van der Waals surface area contributed by atoms with Gasteiger partial charge < -0.3 is 9.88 Å². The topological polar surface area (TPSA) is 19.0 Å². The lowest BCUT2D eigenvalue weighted by Gasteiger charge is -2.27. The molecule has 4 aromatic rings. The molecule has 3 aromatic carbocycles. The van der Waals surface area contributed by atoms with Gasteiger partial charge in [0.05, 0.1) is 5.69 Å². The molecule has 0 atom stereocenters. The molecule has 1 aromatic heterocycles. The number of rotatable bonds is 4. The third-order valence-corrected chi connectivity index (χ3v) is 4.06. The molecule has 24 heavy (non-hydrogen) atoms. The van der Waals surface area contributed by atoms with Crippen molar-refractivity contribution in [1.29, 1.82) is 0 Å². The van der Waals surface area contributed by atoms with E-state index in [4.69, 9.17) is 0 Å². The van der Waals surface area contributed by atoms with Crippen LogP contribution in [0, 0.1) is 0 Å². The Morgan fingerprint density at radius 2 is 1.12 bits per heavy atom. The quantitative estimate of drug-likeness (QED) is 0.479. The molecule has 0 radical (unpaired) electrons. The van der Waals surface area contributed by atoms with E-state index in [1.54, 1.807) is 0 Å². The van der Waals surface area contributed by atoms with Crippen molar-refractivity contribution in [2.45, 2.75) is 0 Å². The van der Waals surface area contributed by atoms with Crippen LogP contribution in [0.3, 0.4) is 0 Å². The van der Waals surface area contributed by atoms with E-state index in [1.807, 2.05) is 24.4 Å². The van der Waals surface area contributed by atoms with E-state index in [2.05, 4.69) is 88.7 Å². The van der Waals surface area contributed by atoms with E-state index in [-0.39, 0.29) is 0 Å². The van der Waals surface area contributed by atoms with E-state index < -0.39 is 0 Å². The minimum Gasteiger partial charge on any atom is -0.361 e. The predicted octanol–water partition coefficient (Wildman–Crippen LogP) is 6.15. The van der Waals surface area contributed by atoms with Gasteiger partial charge in [0.15, 0.2) is 0 Å². The van der Waals surface area contributed by atoms with Gasteiger partial charge in [-0.25, -0.2) is 0 Å². The second-order valence-electron chi connectivity index (χ2n) is 5.61. The van der Waals surface area contributed by atoms with Crippen molar-refractivity contribution in [3.63, 3.8) is 0 Å². The Kier molecular flexibility index (Phi) is 3.86. The maximum Gasteiger partial charge on any atom is 0.0554 e. The second kappa shape index (κ2) is 6.47. The zero-order chi connectivity index (χ0) is 16.2. The smallest absolute Gasteiger partial charge is 0.0554 e. The number of nitrogens with one attached hydrogen (secondary N) is 1. The Labute approximate surface area is 142 Å². The first-order chi connectivity index (χ1) is 11.9. The minimum absolute atomic E-state index is 1.11.